The van der Waals surface area contributed by atoms with Gasteiger partial charge in [-0.05, 0) is 18.6 Å². The highest BCUT2D eigenvalue weighted by Crippen LogP contribution is 2.29. The zero-order valence-electron chi connectivity index (χ0n) is 14.4. The monoisotopic (exact) mass is 372 g/mol. The summed E-state index contributed by atoms with van der Waals surface area (Å²) in [7, 11) is 1.61. The van der Waals surface area contributed by atoms with Gasteiger partial charge in [0, 0.05) is 19.2 Å². The highest BCUT2D eigenvalue weighted by Gasteiger charge is 2.23. The van der Waals surface area contributed by atoms with Crippen molar-refractivity contribution in [2.75, 3.05) is 0 Å². The van der Waals surface area contributed by atoms with Crippen LogP contribution in [0.2, 0.25) is 5.02 Å². The third kappa shape index (κ3) is 2.29. The number of aromatic amines is 1. The van der Waals surface area contributed by atoms with Gasteiger partial charge in [-0.3, -0.25) is 14.3 Å². The summed E-state index contributed by atoms with van der Waals surface area (Å²) in [6, 6.07) is 7.28. The number of nitrogens with zero attached hydrogens (tertiary/aromatic N) is 5. The van der Waals surface area contributed by atoms with Crippen molar-refractivity contribution in [1.29, 1.82) is 0 Å². The molecule has 3 aromatic heterocycles. The summed E-state index contributed by atoms with van der Waals surface area (Å²) in [4.78, 5) is 27.1. The van der Waals surface area contributed by atoms with Gasteiger partial charge in [0.15, 0.2) is 17.0 Å². The SMILES string of the molecule is CCCCn1c2c(=O)[nH]c(=O)n(C)c2n2c(-c3ccccc3Cl)nnc12. The molecule has 26 heavy (non-hydrogen) atoms. The number of imidazole rings is 1. The van der Waals surface area contributed by atoms with E-state index in [-0.39, 0.29) is 0 Å². The van der Waals surface area contributed by atoms with Crippen molar-refractivity contribution in [2.45, 2.75) is 26.3 Å². The number of nitrogens with one attached hydrogen (secondary N) is 1. The first kappa shape index (κ1) is 16.6. The fourth-order valence-corrected chi connectivity index (χ4v) is 3.41. The van der Waals surface area contributed by atoms with Gasteiger partial charge in [0.05, 0.1) is 5.02 Å². The van der Waals surface area contributed by atoms with E-state index >= 15 is 0 Å². The molecule has 4 aromatic rings. The molecule has 134 valence electrons. The van der Waals surface area contributed by atoms with Crippen LogP contribution >= 0.6 is 11.6 Å². The van der Waals surface area contributed by atoms with Crippen LogP contribution in [0.3, 0.4) is 0 Å². The number of aryl methyl sites for hydroxylation is 2. The first-order chi connectivity index (χ1) is 12.5. The van der Waals surface area contributed by atoms with Crippen molar-refractivity contribution in [1.82, 2.24) is 28.7 Å². The lowest BCUT2D eigenvalue weighted by atomic mass is 10.2. The van der Waals surface area contributed by atoms with Gasteiger partial charge in [0.2, 0.25) is 5.78 Å². The second-order valence-electron chi connectivity index (χ2n) is 6.13. The summed E-state index contributed by atoms with van der Waals surface area (Å²) in [6.45, 7) is 2.67. The van der Waals surface area contributed by atoms with E-state index in [4.69, 9.17) is 11.6 Å². The maximum atomic E-state index is 12.5. The van der Waals surface area contributed by atoms with Gasteiger partial charge in [-0.1, -0.05) is 37.1 Å². The molecule has 0 radical (unpaired) electrons. The van der Waals surface area contributed by atoms with E-state index in [1.165, 1.54) is 4.57 Å². The van der Waals surface area contributed by atoms with Crippen LogP contribution in [0, 0.1) is 0 Å². The molecular weight excluding hydrogens is 356 g/mol. The fourth-order valence-electron chi connectivity index (χ4n) is 3.19. The molecule has 0 saturated carbocycles. The van der Waals surface area contributed by atoms with Crippen molar-refractivity contribution in [3.05, 3.63) is 50.1 Å². The van der Waals surface area contributed by atoms with Gasteiger partial charge in [-0.15, -0.1) is 10.2 Å². The Morgan fingerprint density at radius 2 is 1.96 bits per heavy atom. The largest absolute Gasteiger partial charge is 0.329 e. The van der Waals surface area contributed by atoms with Crippen molar-refractivity contribution in [3.8, 4) is 11.4 Å². The lowest BCUT2D eigenvalue weighted by molar-refractivity contribution is 0.653. The molecule has 8 nitrogen and oxygen atoms in total. The lowest BCUT2D eigenvalue weighted by Crippen LogP contribution is -2.29. The van der Waals surface area contributed by atoms with E-state index in [9.17, 15) is 9.59 Å². The fraction of sp³-hybridized carbons (Fsp3) is 0.294. The number of hydrogen-bond donors (Lipinski definition) is 1. The maximum absolute atomic E-state index is 12.5. The molecule has 4 rings (SSSR count). The zero-order chi connectivity index (χ0) is 18.4. The van der Waals surface area contributed by atoms with Crippen molar-refractivity contribution >= 4 is 28.5 Å². The number of rotatable bonds is 4. The van der Waals surface area contributed by atoms with Crippen LogP contribution in [-0.2, 0) is 13.6 Å². The van der Waals surface area contributed by atoms with Crippen LogP contribution in [-0.4, -0.2) is 28.7 Å². The quantitative estimate of drug-likeness (QED) is 0.594. The van der Waals surface area contributed by atoms with Gasteiger partial charge in [-0.25, -0.2) is 9.20 Å². The first-order valence-corrected chi connectivity index (χ1v) is 8.74. The second kappa shape index (κ2) is 6.14. The molecular formula is C17H17ClN6O2. The molecule has 0 fully saturated rings. The van der Waals surface area contributed by atoms with Gasteiger partial charge in [0.25, 0.3) is 5.56 Å². The molecule has 1 N–H and O–H groups in total. The minimum absolute atomic E-state index is 0.402. The minimum Gasteiger partial charge on any atom is -0.302 e. The third-order valence-electron chi connectivity index (χ3n) is 4.49. The Morgan fingerprint density at radius 3 is 2.69 bits per heavy atom. The molecule has 0 bridgehead atoms. The van der Waals surface area contributed by atoms with Crippen molar-refractivity contribution in [2.24, 2.45) is 7.05 Å². The second-order valence-corrected chi connectivity index (χ2v) is 6.54. The van der Waals surface area contributed by atoms with Gasteiger partial charge in [-0.2, -0.15) is 0 Å². The predicted molar refractivity (Wildman–Crippen MR) is 99.7 cm³/mol. The smallest absolute Gasteiger partial charge is 0.302 e. The standard InChI is InChI=1S/C17H17ClN6O2/c1-3-4-9-23-12-14(25)19-17(26)22(2)15(12)24-13(20-21-16(23)24)10-7-5-6-8-11(10)18/h5-8H,3-4,9H2,1-2H3,(H,19,25,26). The van der Waals surface area contributed by atoms with Crippen LogP contribution < -0.4 is 11.2 Å². The number of aromatic nitrogens is 6. The van der Waals surface area contributed by atoms with E-state index in [1.54, 1.807) is 17.5 Å². The van der Waals surface area contributed by atoms with E-state index in [0.717, 1.165) is 12.8 Å². The third-order valence-corrected chi connectivity index (χ3v) is 4.82. The molecule has 0 amide bonds. The number of unbranched alkanes of at least 4 members (excludes halogenated alkanes) is 1. The molecule has 0 aliphatic carbocycles. The van der Waals surface area contributed by atoms with E-state index in [0.29, 0.717) is 39.9 Å². The molecule has 0 aliphatic rings. The summed E-state index contributed by atoms with van der Waals surface area (Å²) in [6.07, 6.45) is 1.83. The van der Waals surface area contributed by atoms with E-state index < -0.39 is 11.2 Å². The lowest BCUT2D eigenvalue weighted by Gasteiger charge is -2.04. The Hall–Kier alpha value is -2.87. The molecule has 0 saturated heterocycles. The van der Waals surface area contributed by atoms with Crippen LogP contribution in [0.4, 0.5) is 0 Å². The summed E-state index contributed by atoms with van der Waals surface area (Å²) >= 11 is 6.34. The summed E-state index contributed by atoms with van der Waals surface area (Å²) in [5, 5.41) is 9.09. The van der Waals surface area contributed by atoms with Crippen LogP contribution in [0.25, 0.3) is 28.3 Å². The first-order valence-electron chi connectivity index (χ1n) is 8.36. The maximum Gasteiger partial charge on any atom is 0.329 e. The number of halogens is 1. The number of benzene rings is 1. The molecule has 0 atom stereocenters. The van der Waals surface area contributed by atoms with Crippen LogP contribution in [0.15, 0.2) is 33.9 Å². The molecule has 0 spiro atoms. The summed E-state index contributed by atoms with van der Waals surface area (Å²) < 4.78 is 4.93. The number of H-pyrrole nitrogens is 1. The van der Waals surface area contributed by atoms with Crippen molar-refractivity contribution < 1.29 is 0 Å². The molecule has 3 heterocycles. The predicted octanol–water partition coefficient (Wildman–Crippen LogP) is 2.19. The number of fused-ring (bicyclic) bond motifs is 3. The average molecular weight is 373 g/mol. The Bertz CT molecular complexity index is 1250. The van der Waals surface area contributed by atoms with Gasteiger partial charge in [0.1, 0.15) is 0 Å². The Labute approximate surface area is 152 Å². The molecule has 0 unspecified atom stereocenters. The Morgan fingerprint density at radius 1 is 1.19 bits per heavy atom. The minimum atomic E-state index is -0.490. The molecule has 9 heteroatoms. The Balaban J connectivity index is 2.19. The molecule has 1 aromatic carbocycles. The van der Waals surface area contributed by atoms with E-state index in [2.05, 4.69) is 22.1 Å². The highest BCUT2D eigenvalue weighted by atomic mass is 35.5. The average Bonchev–Trinajstić information content (AvgIpc) is 3.17. The van der Waals surface area contributed by atoms with Crippen molar-refractivity contribution in [3.63, 3.8) is 0 Å². The van der Waals surface area contributed by atoms with E-state index in [1.807, 2.05) is 22.8 Å². The topological polar surface area (TPSA) is 90.0 Å². The molecule has 0 aliphatic heterocycles. The van der Waals surface area contributed by atoms with Crippen LogP contribution in [0.5, 0.6) is 0 Å². The van der Waals surface area contributed by atoms with Gasteiger partial charge >= 0.3 is 5.69 Å². The normalized spacial score (nSPS) is 11.7. The van der Waals surface area contributed by atoms with Gasteiger partial charge < -0.3 is 4.57 Å². The Kier molecular flexibility index (Phi) is 3.91. The summed E-state index contributed by atoms with van der Waals surface area (Å²) in [5.41, 5.74) is 0.609. The zero-order valence-corrected chi connectivity index (χ0v) is 15.1. The highest BCUT2D eigenvalue weighted by molar-refractivity contribution is 6.33. The number of hydrogen-bond acceptors (Lipinski definition) is 4. The summed E-state index contributed by atoms with van der Waals surface area (Å²) in [5.74, 6) is 1.00. The van der Waals surface area contributed by atoms with Crippen LogP contribution in [0.1, 0.15) is 19.8 Å².